The van der Waals surface area contributed by atoms with Gasteiger partial charge in [0, 0.05) is 12.2 Å². The number of benzene rings is 2. The Kier molecular flexibility index (Phi) is 5.22. The third kappa shape index (κ3) is 4.00. The molecule has 0 atom stereocenters. The van der Waals surface area contributed by atoms with Gasteiger partial charge in [0.05, 0.1) is 12.1 Å². The number of aryl methyl sites for hydroxylation is 1. The Morgan fingerprint density at radius 1 is 1.10 bits per heavy atom. The van der Waals surface area contributed by atoms with Crippen molar-refractivity contribution < 1.29 is 4.74 Å². The highest BCUT2D eigenvalue weighted by Crippen LogP contribution is 2.18. The normalized spacial score (nSPS) is 9.95. The first-order valence-electron chi connectivity index (χ1n) is 7.18. The van der Waals surface area contributed by atoms with Gasteiger partial charge in [-0.3, -0.25) is 0 Å². The number of para-hydroxylation sites is 1. The Hall–Kier alpha value is -2.47. The summed E-state index contributed by atoms with van der Waals surface area (Å²) in [5.41, 5.74) is 3.03. The summed E-state index contributed by atoms with van der Waals surface area (Å²) in [6.45, 7) is 6.48. The summed E-state index contributed by atoms with van der Waals surface area (Å²) in [4.78, 5) is 2.26. The van der Waals surface area contributed by atoms with Gasteiger partial charge in [-0.15, -0.1) is 0 Å². The largest absolute Gasteiger partial charge is 0.490 e. The van der Waals surface area contributed by atoms with E-state index in [-0.39, 0.29) is 0 Å². The lowest BCUT2D eigenvalue weighted by Gasteiger charge is -2.23. The van der Waals surface area contributed by atoms with E-state index in [0.29, 0.717) is 17.9 Å². The molecular formula is C18H20N2O. The molecule has 0 aromatic heterocycles. The number of anilines is 1. The maximum absolute atomic E-state index is 9.04. The summed E-state index contributed by atoms with van der Waals surface area (Å²) in [6.07, 6.45) is 0. The topological polar surface area (TPSA) is 36.3 Å². The van der Waals surface area contributed by atoms with E-state index in [1.807, 2.05) is 18.2 Å². The van der Waals surface area contributed by atoms with E-state index in [1.54, 1.807) is 6.07 Å². The van der Waals surface area contributed by atoms with E-state index >= 15 is 0 Å². The molecule has 0 amide bonds. The molecule has 0 aliphatic heterocycles. The van der Waals surface area contributed by atoms with E-state index in [9.17, 15) is 0 Å². The minimum Gasteiger partial charge on any atom is -0.490 e. The zero-order valence-corrected chi connectivity index (χ0v) is 12.5. The van der Waals surface area contributed by atoms with Crippen molar-refractivity contribution in [3.63, 3.8) is 0 Å². The number of likely N-dealkylation sites (N-methyl/N-ethyl adjacent to an activating group) is 1. The Morgan fingerprint density at radius 2 is 1.81 bits per heavy atom. The van der Waals surface area contributed by atoms with Crippen LogP contribution in [0.1, 0.15) is 18.1 Å². The first kappa shape index (κ1) is 14.9. The van der Waals surface area contributed by atoms with Crippen LogP contribution in [0, 0.1) is 18.3 Å². The summed E-state index contributed by atoms with van der Waals surface area (Å²) in [5, 5.41) is 9.04. The fourth-order valence-corrected chi connectivity index (χ4v) is 2.18. The molecule has 3 nitrogen and oxygen atoms in total. The van der Waals surface area contributed by atoms with Gasteiger partial charge >= 0.3 is 0 Å². The van der Waals surface area contributed by atoms with Crippen LogP contribution in [0.5, 0.6) is 5.75 Å². The summed E-state index contributed by atoms with van der Waals surface area (Å²) in [6, 6.07) is 18.0. The Morgan fingerprint density at radius 3 is 2.48 bits per heavy atom. The molecule has 0 bridgehead atoms. The van der Waals surface area contributed by atoms with Crippen molar-refractivity contribution in [2.75, 3.05) is 24.6 Å². The third-order valence-electron chi connectivity index (χ3n) is 3.41. The third-order valence-corrected chi connectivity index (χ3v) is 3.41. The van der Waals surface area contributed by atoms with Crippen LogP contribution in [0.2, 0.25) is 0 Å². The number of nitrogens with zero attached hydrogens (tertiary/aromatic N) is 2. The molecule has 0 radical (unpaired) electrons. The zero-order chi connectivity index (χ0) is 15.1. The van der Waals surface area contributed by atoms with Crippen molar-refractivity contribution in [1.82, 2.24) is 0 Å². The monoisotopic (exact) mass is 280 g/mol. The van der Waals surface area contributed by atoms with Crippen LogP contribution in [0.4, 0.5) is 5.69 Å². The lowest BCUT2D eigenvalue weighted by molar-refractivity contribution is 0.323. The second kappa shape index (κ2) is 7.35. The fraction of sp³-hybridized carbons (Fsp3) is 0.278. The van der Waals surface area contributed by atoms with E-state index < -0.39 is 0 Å². The van der Waals surface area contributed by atoms with Gasteiger partial charge in [0.25, 0.3) is 0 Å². The molecule has 0 aliphatic carbocycles. The van der Waals surface area contributed by atoms with Crippen LogP contribution in [-0.2, 0) is 0 Å². The predicted octanol–water partition coefficient (Wildman–Crippen LogP) is 3.77. The average molecular weight is 280 g/mol. The van der Waals surface area contributed by atoms with Crippen LogP contribution < -0.4 is 9.64 Å². The lowest BCUT2D eigenvalue weighted by Crippen LogP contribution is -2.28. The minimum atomic E-state index is 0.556. The molecule has 2 rings (SSSR count). The first-order valence-corrected chi connectivity index (χ1v) is 7.18. The Labute approximate surface area is 126 Å². The second-order valence-corrected chi connectivity index (χ2v) is 4.87. The van der Waals surface area contributed by atoms with Crippen LogP contribution in [0.3, 0.4) is 0 Å². The summed E-state index contributed by atoms with van der Waals surface area (Å²) in [7, 11) is 0. The molecule has 0 heterocycles. The maximum Gasteiger partial charge on any atom is 0.137 e. The second-order valence-electron chi connectivity index (χ2n) is 4.87. The van der Waals surface area contributed by atoms with Gasteiger partial charge in [0.2, 0.25) is 0 Å². The van der Waals surface area contributed by atoms with Crippen molar-refractivity contribution in [1.29, 1.82) is 5.26 Å². The fourth-order valence-electron chi connectivity index (χ4n) is 2.18. The van der Waals surface area contributed by atoms with Crippen LogP contribution in [-0.4, -0.2) is 19.7 Å². The standard InChI is InChI=1S/C18H20N2O/c1-3-20(17-10-8-15(2)9-11-17)12-13-21-18-7-5-4-6-16(18)14-19/h4-11H,3,12-13H2,1-2H3. The quantitative estimate of drug-likeness (QED) is 0.808. The van der Waals surface area contributed by atoms with Crippen LogP contribution >= 0.6 is 0 Å². The van der Waals surface area contributed by atoms with Gasteiger partial charge in [-0.25, -0.2) is 0 Å². The predicted molar refractivity (Wildman–Crippen MR) is 85.7 cm³/mol. The van der Waals surface area contributed by atoms with Gasteiger partial charge in [-0.1, -0.05) is 29.8 Å². The number of ether oxygens (including phenoxy) is 1. The van der Waals surface area contributed by atoms with Gasteiger partial charge in [0.1, 0.15) is 18.4 Å². The van der Waals surface area contributed by atoms with Gasteiger partial charge in [-0.05, 0) is 38.1 Å². The van der Waals surface area contributed by atoms with Crippen molar-refractivity contribution in [2.24, 2.45) is 0 Å². The van der Waals surface area contributed by atoms with E-state index in [1.165, 1.54) is 11.3 Å². The van der Waals surface area contributed by atoms with Crippen molar-refractivity contribution in [2.45, 2.75) is 13.8 Å². The SMILES string of the molecule is CCN(CCOc1ccccc1C#N)c1ccc(C)cc1. The molecule has 3 heteroatoms. The van der Waals surface area contributed by atoms with Gasteiger partial charge in [0.15, 0.2) is 0 Å². The van der Waals surface area contributed by atoms with E-state index in [0.717, 1.165) is 13.1 Å². The molecule has 21 heavy (non-hydrogen) atoms. The molecule has 0 spiro atoms. The number of hydrogen-bond acceptors (Lipinski definition) is 3. The Bertz CT molecular complexity index is 614. The van der Waals surface area contributed by atoms with E-state index in [2.05, 4.69) is 49.1 Å². The molecule has 2 aromatic carbocycles. The van der Waals surface area contributed by atoms with Crippen LogP contribution in [0.15, 0.2) is 48.5 Å². The summed E-state index contributed by atoms with van der Waals surface area (Å²) in [5.74, 6) is 0.653. The highest BCUT2D eigenvalue weighted by atomic mass is 16.5. The molecule has 0 aliphatic rings. The smallest absolute Gasteiger partial charge is 0.137 e. The Balaban J connectivity index is 1.95. The molecule has 0 unspecified atom stereocenters. The van der Waals surface area contributed by atoms with E-state index in [4.69, 9.17) is 10.00 Å². The lowest BCUT2D eigenvalue weighted by atomic mass is 10.2. The first-order chi connectivity index (χ1) is 10.2. The van der Waals surface area contributed by atoms with Crippen molar-refractivity contribution >= 4 is 5.69 Å². The zero-order valence-electron chi connectivity index (χ0n) is 12.5. The minimum absolute atomic E-state index is 0.556. The molecule has 0 fully saturated rings. The maximum atomic E-state index is 9.04. The highest BCUT2D eigenvalue weighted by molar-refractivity contribution is 5.47. The van der Waals surface area contributed by atoms with Gasteiger partial charge in [-0.2, -0.15) is 5.26 Å². The average Bonchev–Trinajstić information content (AvgIpc) is 2.53. The molecule has 0 saturated heterocycles. The molecule has 0 N–H and O–H groups in total. The highest BCUT2D eigenvalue weighted by Gasteiger charge is 2.06. The molecular weight excluding hydrogens is 260 g/mol. The van der Waals surface area contributed by atoms with Crippen molar-refractivity contribution in [3.8, 4) is 11.8 Å². The van der Waals surface area contributed by atoms with Crippen molar-refractivity contribution in [3.05, 3.63) is 59.7 Å². The number of nitriles is 1. The van der Waals surface area contributed by atoms with Gasteiger partial charge < -0.3 is 9.64 Å². The number of rotatable bonds is 6. The molecule has 0 saturated carbocycles. The summed E-state index contributed by atoms with van der Waals surface area (Å²) >= 11 is 0. The van der Waals surface area contributed by atoms with Crippen LogP contribution in [0.25, 0.3) is 0 Å². The molecule has 108 valence electrons. The molecule has 2 aromatic rings. The number of hydrogen-bond donors (Lipinski definition) is 0. The summed E-state index contributed by atoms with van der Waals surface area (Å²) < 4.78 is 5.74.